The third kappa shape index (κ3) is 3.16. The van der Waals surface area contributed by atoms with E-state index >= 15 is 0 Å². The number of carbonyl (C=O) groups excluding carboxylic acids is 1. The first-order valence-corrected chi connectivity index (χ1v) is 6.83. The number of carbonyl (C=O) groups is 1. The number of ether oxygens (including phenoxy) is 1. The van der Waals surface area contributed by atoms with Gasteiger partial charge in [0.05, 0.1) is 12.7 Å². The van der Waals surface area contributed by atoms with Gasteiger partial charge in [0.15, 0.2) is 0 Å². The van der Waals surface area contributed by atoms with Gasteiger partial charge in [0.1, 0.15) is 11.5 Å². The molecule has 0 spiro atoms. The summed E-state index contributed by atoms with van der Waals surface area (Å²) in [6.07, 6.45) is 0.825. The van der Waals surface area contributed by atoms with Gasteiger partial charge in [-0.1, -0.05) is 25.1 Å². The van der Waals surface area contributed by atoms with Gasteiger partial charge in [0.2, 0.25) is 0 Å². The van der Waals surface area contributed by atoms with Crippen LogP contribution in [0.25, 0.3) is 0 Å². The van der Waals surface area contributed by atoms with Crippen molar-refractivity contribution in [2.75, 3.05) is 12.4 Å². The minimum absolute atomic E-state index is 0.0986. The number of benzene rings is 2. The summed E-state index contributed by atoms with van der Waals surface area (Å²) in [6.45, 7) is 3.98. The maximum atomic E-state index is 12.3. The molecule has 4 nitrogen and oxygen atoms in total. The fourth-order valence-electron chi connectivity index (χ4n) is 2.21. The van der Waals surface area contributed by atoms with Crippen molar-refractivity contribution in [3.8, 4) is 11.5 Å². The third-order valence-corrected chi connectivity index (χ3v) is 3.43. The van der Waals surface area contributed by atoms with E-state index in [1.807, 2.05) is 32.0 Å². The standard InChI is InChI=1S/C17H19NO3/c1-4-12-7-5-6-11(2)16(12)18-17(20)14-9-8-13(21-3)10-15(14)19/h5-10,19H,4H2,1-3H3,(H,18,20). The molecule has 2 rings (SSSR count). The predicted octanol–water partition coefficient (Wildman–Crippen LogP) is 3.52. The number of para-hydroxylation sites is 1. The van der Waals surface area contributed by atoms with Crippen molar-refractivity contribution in [1.82, 2.24) is 0 Å². The van der Waals surface area contributed by atoms with E-state index in [9.17, 15) is 9.90 Å². The van der Waals surface area contributed by atoms with Gasteiger partial charge >= 0.3 is 0 Å². The molecule has 0 heterocycles. The second-order valence-corrected chi connectivity index (χ2v) is 4.80. The zero-order valence-corrected chi connectivity index (χ0v) is 12.4. The minimum atomic E-state index is -0.334. The molecule has 0 aliphatic heterocycles. The summed E-state index contributed by atoms with van der Waals surface area (Å²) in [5.74, 6) is 0.0758. The second kappa shape index (κ2) is 6.31. The SMILES string of the molecule is CCc1cccc(C)c1NC(=O)c1ccc(OC)cc1O. The van der Waals surface area contributed by atoms with Crippen molar-refractivity contribution >= 4 is 11.6 Å². The maximum Gasteiger partial charge on any atom is 0.259 e. The Labute approximate surface area is 124 Å². The smallest absolute Gasteiger partial charge is 0.259 e. The van der Waals surface area contributed by atoms with Crippen LogP contribution in [-0.4, -0.2) is 18.1 Å². The Morgan fingerprint density at radius 1 is 1.29 bits per heavy atom. The molecule has 21 heavy (non-hydrogen) atoms. The highest BCUT2D eigenvalue weighted by Gasteiger charge is 2.14. The fraction of sp³-hybridized carbons (Fsp3) is 0.235. The van der Waals surface area contributed by atoms with Crippen LogP contribution in [0.5, 0.6) is 11.5 Å². The summed E-state index contributed by atoms with van der Waals surface area (Å²) in [5, 5.41) is 12.8. The number of hydrogen-bond donors (Lipinski definition) is 2. The van der Waals surface area contributed by atoms with E-state index in [2.05, 4.69) is 5.32 Å². The number of anilines is 1. The Balaban J connectivity index is 2.30. The lowest BCUT2D eigenvalue weighted by Gasteiger charge is -2.13. The lowest BCUT2D eigenvalue weighted by atomic mass is 10.1. The van der Waals surface area contributed by atoms with Crippen LogP contribution in [-0.2, 0) is 6.42 Å². The first-order valence-electron chi connectivity index (χ1n) is 6.83. The van der Waals surface area contributed by atoms with Crippen LogP contribution < -0.4 is 10.1 Å². The van der Waals surface area contributed by atoms with Gasteiger partial charge in [-0.3, -0.25) is 4.79 Å². The van der Waals surface area contributed by atoms with E-state index in [0.29, 0.717) is 5.75 Å². The number of aryl methyl sites for hydroxylation is 2. The van der Waals surface area contributed by atoms with E-state index in [4.69, 9.17) is 4.74 Å². The van der Waals surface area contributed by atoms with Gasteiger partial charge in [0.25, 0.3) is 5.91 Å². The van der Waals surface area contributed by atoms with Gasteiger partial charge in [-0.25, -0.2) is 0 Å². The number of rotatable bonds is 4. The monoisotopic (exact) mass is 285 g/mol. The van der Waals surface area contributed by atoms with Gasteiger partial charge in [-0.15, -0.1) is 0 Å². The van der Waals surface area contributed by atoms with Crippen molar-refractivity contribution in [2.45, 2.75) is 20.3 Å². The van der Waals surface area contributed by atoms with Gasteiger partial charge in [-0.05, 0) is 36.6 Å². The number of methoxy groups -OCH3 is 1. The van der Waals surface area contributed by atoms with Gasteiger partial charge in [-0.2, -0.15) is 0 Å². The number of phenolic OH excluding ortho intramolecular Hbond substituents is 1. The predicted molar refractivity (Wildman–Crippen MR) is 83.2 cm³/mol. The van der Waals surface area contributed by atoms with Crippen LogP contribution >= 0.6 is 0 Å². The lowest BCUT2D eigenvalue weighted by molar-refractivity contribution is 0.102. The molecular formula is C17H19NO3. The van der Waals surface area contributed by atoms with E-state index in [1.54, 1.807) is 12.1 Å². The molecule has 110 valence electrons. The zero-order valence-electron chi connectivity index (χ0n) is 12.4. The summed E-state index contributed by atoms with van der Waals surface area (Å²) in [6, 6.07) is 10.5. The Morgan fingerprint density at radius 3 is 2.67 bits per heavy atom. The Kier molecular flexibility index (Phi) is 4.48. The van der Waals surface area contributed by atoms with Crippen LogP contribution in [0.2, 0.25) is 0 Å². The molecule has 2 aromatic carbocycles. The molecule has 0 unspecified atom stereocenters. The molecule has 0 saturated heterocycles. The quantitative estimate of drug-likeness (QED) is 0.903. The Bertz CT molecular complexity index is 665. The summed E-state index contributed by atoms with van der Waals surface area (Å²) in [4.78, 5) is 12.3. The Morgan fingerprint density at radius 2 is 2.05 bits per heavy atom. The summed E-state index contributed by atoms with van der Waals surface area (Å²) in [5.41, 5.74) is 3.09. The van der Waals surface area contributed by atoms with Crippen molar-refractivity contribution < 1.29 is 14.6 Å². The average molecular weight is 285 g/mol. The van der Waals surface area contributed by atoms with Crippen LogP contribution in [0.1, 0.15) is 28.4 Å². The van der Waals surface area contributed by atoms with Crippen LogP contribution in [0.4, 0.5) is 5.69 Å². The number of amides is 1. The molecule has 0 aromatic heterocycles. The molecule has 0 saturated carbocycles. The van der Waals surface area contributed by atoms with Gasteiger partial charge in [0, 0.05) is 11.8 Å². The molecule has 0 radical (unpaired) electrons. The zero-order chi connectivity index (χ0) is 15.4. The topological polar surface area (TPSA) is 58.6 Å². The van der Waals surface area contributed by atoms with E-state index in [1.165, 1.54) is 13.2 Å². The molecule has 4 heteroatoms. The maximum absolute atomic E-state index is 12.3. The molecule has 2 aromatic rings. The third-order valence-electron chi connectivity index (χ3n) is 3.43. The number of aromatic hydroxyl groups is 1. The Hall–Kier alpha value is -2.49. The molecule has 0 aliphatic carbocycles. The second-order valence-electron chi connectivity index (χ2n) is 4.80. The largest absolute Gasteiger partial charge is 0.507 e. The van der Waals surface area contributed by atoms with Crippen LogP contribution in [0.15, 0.2) is 36.4 Å². The molecule has 0 aliphatic rings. The summed E-state index contributed by atoms with van der Waals surface area (Å²) in [7, 11) is 1.51. The molecule has 0 fully saturated rings. The summed E-state index contributed by atoms with van der Waals surface area (Å²) >= 11 is 0. The first-order chi connectivity index (χ1) is 10.1. The van der Waals surface area contributed by atoms with Crippen molar-refractivity contribution in [2.24, 2.45) is 0 Å². The highest BCUT2D eigenvalue weighted by Crippen LogP contribution is 2.26. The lowest BCUT2D eigenvalue weighted by Crippen LogP contribution is -2.14. The number of nitrogens with one attached hydrogen (secondary N) is 1. The highest BCUT2D eigenvalue weighted by atomic mass is 16.5. The molecular weight excluding hydrogens is 266 g/mol. The molecule has 0 atom stereocenters. The van der Waals surface area contributed by atoms with Crippen molar-refractivity contribution in [3.63, 3.8) is 0 Å². The van der Waals surface area contributed by atoms with Crippen molar-refractivity contribution in [3.05, 3.63) is 53.1 Å². The molecule has 2 N–H and O–H groups in total. The summed E-state index contributed by atoms with van der Waals surface area (Å²) < 4.78 is 5.01. The van der Waals surface area contributed by atoms with E-state index < -0.39 is 0 Å². The number of hydrogen-bond acceptors (Lipinski definition) is 3. The van der Waals surface area contributed by atoms with Gasteiger partial charge < -0.3 is 15.2 Å². The minimum Gasteiger partial charge on any atom is -0.507 e. The molecule has 0 bridgehead atoms. The fourth-order valence-corrected chi connectivity index (χ4v) is 2.21. The highest BCUT2D eigenvalue weighted by molar-refractivity contribution is 6.07. The van der Waals surface area contributed by atoms with E-state index in [0.717, 1.165) is 23.2 Å². The van der Waals surface area contributed by atoms with E-state index in [-0.39, 0.29) is 17.2 Å². The van der Waals surface area contributed by atoms with Crippen LogP contribution in [0.3, 0.4) is 0 Å². The normalized spacial score (nSPS) is 10.2. The van der Waals surface area contributed by atoms with Crippen LogP contribution in [0, 0.1) is 6.92 Å². The molecule has 1 amide bonds. The van der Waals surface area contributed by atoms with Crippen molar-refractivity contribution in [1.29, 1.82) is 0 Å². The number of phenols is 1. The first kappa shape index (κ1) is 14.9. The average Bonchev–Trinajstić information content (AvgIpc) is 2.48.